The molecule has 0 aromatic heterocycles. The molecule has 4 heteroatoms. The van der Waals surface area contributed by atoms with Gasteiger partial charge in [-0.3, -0.25) is 5.41 Å². The second-order valence-electron chi connectivity index (χ2n) is 8.10. The summed E-state index contributed by atoms with van der Waals surface area (Å²) in [6, 6.07) is 24.4. The van der Waals surface area contributed by atoms with Crippen LogP contribution in [-0.4, -0.2) is 18.1 Å². The van der Waals surface area contributed by atoms with Crippen LogP contribution in [0.25, 0.3) is 34.1 Å². The number of benzene rings is 4. The smallest absolute Gasteiger partial charge is 0.199 e. The van der Waals surface area contributed by atoms with Crippen LogP contribution in [0.1, 0.15) is 28.4 Å². The predicted octanol–water partition coefficient (Wildman–Crippen LogP) is 5.87. The number of nitrogens with one attached hydrogen (secondary N) is 2. The lowest BCUT2D eigenvalue weighted by atomic mass is 10.0. The van der Waals surface area contributed by atoms with E-state index in [1.165, 1.54) is 16.5 Å². The van der Waals surface area contributed by atoms with Gasteiger partial charge in [-0.15, -0.1) is 0 Å². The first-order chi connectivity index (χ1) is 15.1. The lowest BCUT2D eigenvalue weighted by Crippen LogP contribution is -2.32. The highest BCUT2D eigenvalue weighted by Crippen LogP contribution is 2.44. The van der Waals surface area contributed by atoms with Crippen LogP contribution in [0.5, 0.6) is 0 Å². The fourth-order valence-corrected chi connectivity index (χ4v) is 4.75. The summed E-state index contributed by atoms with van der Waals surface area (Å²) in [5, 5.41) is 25.1. The first-order valence-corrected chi connectivity index (χ1v) is 10.4. The Kier molecular flexibility index (Phi) is 3.79. The van der Waals surface area contributed by atoms with Gasteiger partial charge < -0.3 is 15.3 Å². The monoisotopic (exact) mass is 403 g/mol. The topological polar surface area (TPSA) is 59.4 Å². The summed E-state index contributed by atoms with van der Waals surface area (Å²) in [6.45, 7) is 0. The summed E-state index contributed by atoms with van der Waals surface area (Å²) in [7, 11) is 1.87. The number of fused-ring (bicyclic) bond motifs is 3. The van der Waals surface area contributed by atoms with Crippen LogP contribution < -0.4 is 10.2 Å². The molecule has 31 heavy (non-hydrogen) atoms. The molecule has 2 aliphatic rings. The summed E-state index contributed by atoms with van der Waals surface area (Å²) in [5.74, 6) is 0.275. The Morgan fingerprint density at radius 3 is 2.52 bits per heavy atom. The number of hydrogen-bond donors (Lipinski definition) is 3. The summed E-state index contributed by atoms with van der Waals surface area (Å²) >= 11 is 0. The lowest BCUT2D eigenvalue weighted by Gasteiger charge is -2.23. The SMILES string of the molecule is CN(C(=N)Nc1ccc2c3c(cccc13)C=C2)c1ccc2c(c1)C(O)c1ccccc1-2. The molecule has 6 rings (SSSR count). The third-order valence-electron chi connectivity index (χ3n) is 6.40. The van der Waals surface area contributed by atoms with E-state index in [1.54, 1.807) is 4.90 Å². The van der Waals surface area contributed by atoms with Gasteiger partial charge in [0.05, 0.1) is 0 Å². The minimum atomic E-state index is -0.634. The maximum atomic E-state index is 10.8. The van der Waals surface area contributed by atoms with Crippen LogP contribution in [0, 0.1) is 5.41 Å². The molecule has 1 unspecified atom stereocenters. The highest BCUT2D eigenvalue weighted by Gasteiger charge is 2.27. The maximum Gasteiger partial charge on any atom is 0.199 e. The molecule has 4 aromatic rings. The molecule has 0 bridgehead atoms. The molecule has 1 atom stereocenters. The lowest BCUT2D eigenvalue weighted by molar-refractivity contribution is 0.225. The van der Waals surface area contributed by atoms with Crippen molar-refractivity contribution in [2.45, 2.75) is 6.10 Å². The maximum absolute atomic E-state index is 10.8. The molecule has 0 fully saturated rings. The summed E-state index contributed by atoms with van der Waals surface area (Å²) in [4.78, 5) is 1.80. The van der Waals surface area contributed by atoms with Crippen molar-refractivity contribution in [2.24, 2.45) is 0 Å². The third kappa shape index (κ3) is 2.62. The van der Waals surface area contributed by atoms with Crippen molar-refractivity contribution in [1.29, 1.82) is 5.41 Å². The molecule has 4 nitrogen and oxygen atoms in total. The first kappa shape index (κ1) is 17.9. The number of guanidine groups is 1. The Morgan fingerprint density at radius 2 is 1.65 bits per heavy atom. The zero-order chi connectivity index (χ0) is 21.1. The van der Waals surface area contributed by atoms with Gasteiger partial charge in [-0.2, -0.15) is 0 Å². The quantitative estimate of drug-likeness (QED) is 0.255. The Hall–Kier alpha value is -3.89. The van der Waals surface area contributed by atoms with E-state index in [-0.39, 0.29) is 5.96 Å². The molecular weight excluding hydrogens is 382 g/mol. The van der Waals surface area contributed by atoms with Crippen molar-refractivity contribution < 1.29 is 5.11 Å². The number of aliphatic hydroxyl groups excluding tert-OH is 1. The molecule has 0 heterocycles. The third-order valence-corrected chi connectivity index (χ3v) is 6.40. The zero-order valence-corrected chi connectivity index (χ0v) is 17.1. The summed E-state index contributed by atoms with van der Waals surface area (Å²) < 4.78 is 0. The number of aliphatic hydroxyl groups is 1. The average molecular weight is 403 g/mol. The minimum absolute atomic E-state index is 0.275. The van der Waals surface area contributed by atoms with Gasteiger partial charge >= 0.3 is 0 Å². The van der Waals surface area contributed by atoms with Gasteiger partial charge in [0.2, 0.25) is 0 Å². The molecule has 0 aliphatic heterocycles. The van der Waals surface area contributed by atoms with E-state index in [1.807, 2.05) is 55.6 Å². The van der Waals surface area contributed by atoms with Gasteiger partial charge in [-0.1, -0.05) is 66.7 Å². The molecule has 0 saturated heterocycles. The highest BCUT2D eigenvalue weighted by molar-refractivity contribution is 6.13. The van der Waals surface area contributed by atoms with Crippen LogP contribution in [-0.2, 0) is 0 Å². The van der Waals surface area contributed by atoms with Crippen LogP contribution in [0.15, 0.2) is 72.8 Å². The Morgan fingerprint density at radius 1 is 0.871 bits per heavy atom. The Labute approximate surface area is 180 Å². The Balaban J connectivity index is 1.31. The van der Waals surface area contributed by atoms with Crippen molar-refractivity contribution in [3.8, 4) is 11.1 Å². The predicted molar refractivity (Wildman–Crippen MR) is 129 cm³/mol. The normalized spacial score (nSPS) is 15.1. The van der Waals surface area contributed by atoms with E-state index < -0.39 is 6.10 Å². The first-order valence-electron chi connectivity index (χ1n) is 10.4. The van der Waals surface area contributed by atoms with E-state index >= 15 is 0 Å². The molecule has 4 aromatic carbocycles. The summed E-state index contributed by atoms with van der Waals surface area (Å²) in [5.41, 5.74) is 8.15. The van der Waals surface area contributed by atoms with Gasteiger partial charge in [0.15, 0.2) is 5.96 Å². The van der Waals surface area contributed by atoms with E-state index in [0.29, 0.717) is 0 Å². The molecule has 0 amide bonds. The van der Waals surface area contributed by atoms with Crippen molar-refractivity contribution in [3.63, 3.8) is 0 Å². The van der Waals surface area contributed by atoms with Crippen LogP contribution in [0.2, 0.25) is 0 Å². The van der Waals surface area contributed by atoms with E-state index in [0.717, 1.165) is 39.0 Å². The van der Waals surface area contributed by atoms with Gasteiger partial charge in [0, 0.05) is 23.8 Å². The molecule has 150 valence electrons. The van der Waals surface area contributed by atoms with E-state index in [2.05, 4.69) is 41.7 Å². The van der Waals surface area contributed by atoms with Crippen LogP contribution in [0.4, 0.5) is 11.4 Å². The molecule has 0 saturated carbocycles. The van der Waals surface area contributed by atoms with E-state index in [4.69, 9.17) is 5.41 Å². The van der Waals surface area contributed by atoms with E-state index in [9.17, 15) is 5.11 Å². The second-order valence-corrected chi connectivity index (χ2v) is 8.10. The van der Waals surface area contributed by atoms with Crippen molar-refractivity contribution in [3.05, 3.63) is 95.1 Å². The van der Waals surface area contributed by atoms with Crippen molar-refractivity contribution >= 4 is 40.3 Å². The van der Waals surface area contributed by atoms with Gasteiger partial charge in [0.25, 0.3) is 0 Å². The number of rotatable bonds is 2. The standard InChI is InChI=1S/C27H21N3O/c1-30(18-12-13-20-19-6-2-3-7-21(19)26(31)23(20)15-18)27(28)29-24-14-11-17-10-9-16-5-4-8-22(24)25(16)17/h2-15,26,31H,1H3,(H2,28,29). The number of hydrogen-bond acceptors (Lipinski definition) is 2. The summed E-state index contributed by atoms with van der Waals surface area (Å²) in [6.07, 6.45) is 3.63. The molecule has 2 aliphatic carbocycles. The van der Waals surface area contributed by atoms with Gasteiger partial charge in [-0.25, -0.2) is 0 Å². The fourth-order valence-electron chi connectivity index (χ4n) is 4.75. The fraction of sp³-hybridized carbons (Fsp3) is 0.0741. The average Bonchev–Trinajstić information content (AvgIpc) is 3.35. The van der Waals surface area contributed by atoms with Crippen molar-refractivity contribution in [1.82, 2.24) is 0 Å². The number of nitrogens with zero attached hydrogens (tertiary/aromatic N) is 1. The Bertz CT molecular complexity index is 1410. The molecule has 0 radical (unpaired) electrons. The molecular formula is C27H21N3O. The van der Waals surface area contributed by atoms with Crippen molar-refractivity contribution in [2.75, 3.05) is 17.3 Å². The van der Waals surface area contributed by atoms with Gasteiger partial charge in [0.1, 0.15) is 6.10 Å². The van der Waals surface area contributed by atoms with Crippen LogP contribution in [0.3, 0.4) is 0 Å². The number of anilines is 2. The largest absolute Gasteiger partial charge is 0.384 e. The highest BCUT2D eigenvalue weighted by atomic mass is 16.3. The van der Waals surface area contributed by atoms with Crippen LogP contribution >= 0.6 is 0 Å². The van der Waals surface area contributed by atoms with Gasteiger partial charge in [-0.05, 0) is 57.0 Å². The molecule has 0 spiro atoms. The minimum Gasteiger partial charge on any atom is -0.384 e. The molecule has 3 N–H and O–H groups in total. The zero-order valence-electron chi connectivity index (χ0n) is 17.1. The second kappa shape index (κ2) is 6.56.